The molecule has 29 heavy (non-hydrogen) atoms. The molecule has 2 saturated heterocycles. The average molecular weight is 395 g/mol. The zero-order chi connectivity index (χ0) is 20.4. The second-order valence-corrected chi connectivity index (χ2v) is 8.74. The van der Waals surface area contributed by atoms with Crippen LogP contribution in [0.1, 0.15) is 45.1 Å². The third-order valence-corrected chi connectivity index (χ3v) is 6.18. The first-order chi connectivity index (χ1) is 13.9. The van der Waals surface area contributed by atoms with Crippen LogP contribution in [0.4, 0.5) is 0 Å². The maximum absolute atomic E-state index is 12.9. The van der Waals surface area contributed by atoms with Crippen molar-refractivity contribution in [3.63, 3.8) is 0 Å². The third-order valence-electron chi connectivity index (χ3n) is 6.18. The Labute approximate surface area is 172 Å². The van der Waals surface area contributed by atoms with E-state index in [1.807, 2.05) is 30.9 Å². The Morgan fingerprint density at radius 1 is 1.14 bits per heavy atom. The van der Waals surface area contributed by atoms with Crippen molar-refractivity contribution in [1.82, 2.24) is 10.2 Å². The van der Waals surface area contributed by atoms with Crippen molar-refractivity contribution in [3.05, 3.63) is 48.0 Å². The number of rotatable bonds is 5. The molecule has 0 unspecified atom stereocenters. The minimum atomic E-state index is -0.335. The molecule has 0 spiro atoms. The molecule has 0 bridgehead atoms. The number of nitrogens with one attached hydrogen (secondary N) is 1. The molecule has 2 aromatic rings. The highest BCUT2D eigenvalue weighted by molar-refractivity contribution is 5.83. The Bertz CT molecular complexity index is 902. The molecule has 2 heterocycles. The third kappa shape index (κ3) is 4.61. The van der Waals surface area contributed by atoms with Crippen LogP contribution in [0.2, 0.25) is 0 Å². The van der Waals surface area contributed by atoms with Crippen LogP contribution in [0.15, 0.2) is 42.5 Å². The molecule has 2 aliphatic heterocycles. The van der Waals surface area contributed by atoms with E-state index in [4.69, 9.17) is 4.74 Å². The van der Waals surface area contributed by atoms with Crippen molar-refractivity contribution >= 4 is 22.6 Å². The maximum Gasteiger partial charge on any atom is 0.222 e. The van der Waals surface area contributed by atoms with E-state index in [0.717, 1.165) is 12.8 Å². The van der Waals surface area contributed by atoms with E-state index >= 15 is 0 Å². The number of hydrogen-bond acceptors (Lipinski definition) is 3. The molecule has 5 heteroatoms. The van der Waals surface area contributed by atoms with Gasteiger partial charge in [0.1, 0.15) is 0 Å². The van der Waals surface area contributed by atoms with Crippen molar-refractivity contribution in [3.8, 4) is 0 Å². The lowest BCUT2D eigenvalue weighted by Gasteiger charge is -2.36. The van der Waals surface area contributed by atoms with Gasteiger partial charge in [-0.1, -0.05) is 42.5 Å². The number of benzene rings is 2. The van der Waals surface area contributed by atoms with E-state index < -0.39 is 0 Å². The van der Waals surface area contributed by atoms with Crippen molar-refractivity contribution in [2.24, 2.45) is 0 Å². The van der Waals surface area contributed by atoms with Crippen LogP contribution in [0, 0.1) is 0 Å². The molecule has 0 radical (unpaired) electrons. The summed E-state index contributed by atoms with van der Waals surface area (Å²) < 4.78 is 5.74. The minimum Gasteiger partial charge on any atom is -0.372 e. The number of nitrogens with zero attached hydrogens (tertiary/aromatic N) is 1. The van der Waals surface area contributed by atoms with Crippen molar-refractivity contribution in [1.29, 1.82) is 0 Å². The minimum absolute atomic E-state index is 0.0699. The predicted octanol–water partition coefficient (Wildman–Crippen LogP) is 3.45. The standard InChI is InChI=1S/C24H30N2O3/c1-17-15-26(16-18(2)29-17)23(28)10-12-24(11-9-22(27)25-24)14-19-7-8-20-5-3-4-6-21(20)13-19/h3-8,13,17-18H,9-12,14-16H2,1-2H3,(H,25,27)/t17-,18+,24-/m0/s1. The monoisotopic (exact) mass is 394 g/mol. The van der Waals surface area contributed by atoms with Gasteiger partial charge in [0, 0.05) is 31.5 Å². The van der Waals surface area contributed by atoms with Gasteiger partial charge in [0.2, 0.25) is 11.8 Å². The van der Waals surface area contributed by atoms with E-state index in [1.165, 1.54) is 16.3 Å². The number of ether oxygens (including phenoxy) is 1. The van der Waals surface area contributed by atoms with Gasteiger partial charge >= 0.3 is 0 Å². The lowest BCUT2D eigenvalue weighted by molar-refractivity contribution is -0.143. The van der Waals surface area contributed by atoms with Crippen molar-refractivity contribution in [2.75, 3.05) is 13.1 Å². The second-order valence-electron chi connectivity index (χ2n) is 8.74. The topological polar surface area (TPSA) is 58.6 Å². The predicted molar refractivity (Wildman–Crippen MR) is 114 cm³/mol. The Morgan fingerprint density at radius 2 is 1.86 bits per heavy atom. The summed E-state index contributed by atoms with van der Waals surface area (Å²) in [5.74, 6) is 0.248. The fourth-order valence-corrected chi connectivity index (χ4v) is 4.81. The highest BCUT2D eigenvalue weighted by Crippen LogP contribution is 2.31. The fourth-order valence-electron chi connectivity index (χ4n) is 4.81. The first kappa shape index (κ1) is 19.9. The van der Waals surface area contributed by atoms with Gasteiger partial charge in [-0.3, -0.25) is 9.59 Å². The summed E-state index contributed by atoms with van der Waals surface area (Å²) in [7, 11) is 0. The molecule has 0 saturated carbocycles. The van der Waals surface area contributed by atoms with Gasteiger partial charge in [-0.15, -0.1) is 0 Å². The maximum atomic E-state index is 12.9. The number of fused-ring (bicyclic) bond motifs is 1. The molecule has 2 aliphatic rings. The van der Waals surface area contributed by atoms with Crippen molar-refractivity contribution < 1.29 is 14.3 Å². The summed E-state index contributed by atoms with van der Waals surface area (Å²) in [5, 5.41) is 5.63. The van der Waals surface area contributed by atoms with Gasteiger partial charge in [0.25, 0.3) is 0 Å². The summed E-state index contributed by atoms with van der Waals surface area (Å²) in [6.45, 7) is 5.31. The number of carbonyl (C=O) groups is 2. The quantitative estimate of drug-likeness (QED) is 0.845. The Morgan fingerprint density at radius 3 is 2.55 bits per heavy atom. The van der Waals surface area contributed by atoms with Crippen LogP contribution < -0.4 is 5.32 Å². The van der Waals surface area contributed by atoms with E-state index in [-0.39, 0.29) is 29.6 Å². The smallest absolute Gasteiger partial charge is 0.222 e. The SMILES string of the molecule is C[C@@H]1CN(C(=O)CC[C@]2(Cc3ccc4ccccc4c3)CCC(=O)N2)C[C@H](C)O1. The van der Waals surface area contributed by atoms with Crippen LogP contribution in [0.5, 0.6) is 0 Å². The molecular formula is C24H30N2O3. The van der Waals surface area contributed by atoms with E-state index in [1.54, 1.807) is 0 Å². The Kier molecular flexibility index (Phi) is 5.59. The van der Waals surface area contributed by atoms with Gasteiger partial charge in [-0.25, -0.2) is 0 Å². The molecule has 154 valence electrons. The van der Waals surface area contributed by atoms with Gasteiger partial charge in [-0.2, -0.15) is 0 Å². The van der Waals surface area contributed by atoms with Crippen LogP contribution in [-0.4, -0.2) is 47.6 Å². The molecule has 1 N–H and O–H groups in total. The molecule has 5 nitrogen and oxygen atoms in total. The fraction of sp³-hybridized carbons (Fsp3) is 0.500. The number of carbonyl (C=O) groups excluding carboxylic acids is 2. The number of amides is 2. The van der Waals surface area contributed by atoms with Gasteiger partial charge in [0.15, 0.2) is 0 Å². The van der Waals surface area contributed by atoms with Crippen LogP contribution in [-0.2, 0) is 20.7 Å². The first-order valence-corrected chi connectivity index (χ1v) is 10.6. The summed E-state index contributed by atoms with van der Waals surface area (Å²) in [5.41, 5.74) is 0.866. The average Bonchev–Trinajstić information content (AvgIpc) is 3.06. The summed E-state index contributed by atoms with van der Waals surface area (Å²) >= 11 is 0. The molecule has 2 aromatic carbocycles. The largest absolute Gasteiger partial charge is 0.372 e. The summed E-state index contributed by atoms with van der Waals surface area (Å²) in [4.78, 5) is 26.8. The normalized spacial score (nSPS) is 27.2. The molecule has 2 fully saturated rings. The zero-order valence-corrected chi connectivity index (χ0v) is 17.3. The van der Waals surface area contributed by atoms with Crippen molar-refractivity contribution in [2.45, 2.75) is 63.7 Å². The first-order valence-electron chi connectivity index (χ1n) is 10.6. The van der Waals surface area contributed by atoms with Gasteiger partial charge in [0.05, 0.1) is 12.2 Å². The van der Waals surface area contributed by atoms with Crippen LogP contribution in [0.25, 0.3) is 10.8 Å². The molecule has 4 rings (SSSR count). The van der Waals surface area contributed by atoms with Gasteiger partial charge < -0.3 is 15.0 Å². The van der Waals surface area contributed by atoms with Crippen LogP contribution in [0.3, 0.4) is 0 Å². The number of hydrogen-bond donors (Lipinski definition) is 1. The lowest BCUT2D eigenvalue weighted by atomic mass is 9.84. The Hall–Kier alpha value is -2.40. The van der Waals surface area contributed by atoms with Gasteiger partial charge in [-0.05, 0) is 49.4 Å². The molecule has 3 atom stereocenters. The van der Waals surface area contributed by atoms with E-state index in [0.29, 0.717) is 32.4 Å². The summed E-state index contributed by atoms with van der Waals surface area (Å²) in [6.07, 6.45) is 3.33. The zero-order valence-electron chi connectivity index (χ0n) is 17.3. The number of morpholine rings is 1. The molecule has 2 amide bonds. The Balaban J connectivity index is 1.46. The summed E-state index contributed by atoms with van der Waals surface area (Å²) in [6, 6.07) is 14.8. The second kappa shape index (κ2) is 8.15. The van der Waals surface area contributed by atoms with E-state index in [9.17, 15) is 9.59 Å². The molecule has 0 aromatic heterocycles. The highest BCUT2D eigenvalue weighted by Gasteiger charge is 2.38. The highest BCUT2D eigenvalue weighted by atomic mass is 16.5. The molecular weight excluding hydrogens is 364 g/mol. The molecule has 0 aliphatic carbocycles. The van der Waals surface area contributed by atoms with Crippen LogP contribution >= 0.6 is 0 Å². The lowest BCUT2D eigenvalue weighted by Crippen LogP contribution is -2.49. The van der Waals surface area contributed by atoms with E-state index in [2.05, 4.69) is 35.6 Å².